The van der Waals surface area contributed by atoms with Crippen LogP contribution in [0.1, 0.15) is 29.2 Å². The van der Waals surface area contributed by atoms with Crippen LogP contribution in [0.25, 0.3) is 10.9 Å². The van der Waals surface area contributed by atoms with Crippen molar-refractivity contribution in [3.63, 3.8) is 0 Å². The van der Waals surface area contributed by atoms with Crippen LogP contribution in [0.2, 0.25) is 0 Å². The van der Waals surface area contributed by atoms with E-state index in [9.17, 15) is 44.3 Å². The number of likely N-dealkylation sites (N-methyl/N-ethyl adjacent to an activating group) is 1. The Morgan fingerprint density at radius 2 is 1.71 bits per heavy atom. The lowest BCUT2D eigenvalue weighted by molar-refractivity contribution is -0.171. The molecular weight excluding hydrogens is 495 g/mol. The van der Waals surface area contributed by atoms with Gasteiger partial charge in [0, 0.05) is 35.4 Å². The maximum absolute atomic E-state index is 13.6. The number of carbonyl (C=O) groups is 1. The molecule has 1 aliphatic heterocycles. The summed E-state index contributed by atoms with van der Waals surface area (Å²) in [4.78, 5) is 16.2. The number of aromatic nitrogens is 1. The number of rotatable bonds is 3. The largest absolute Gasteiger partial charge is 0.431 e. The van der Waals surface area contributed by atoms with Crippen molar-refractivity contribution in [2.24, 2.45) is 0 Å². The molecule has 2 aliphatic rings. The van der Waals surface area contributed by atoms with Gasteiger partial charge in [-0.1, -0.05) is 12.1 Å². The van der Waals surface area contributed by atoms with E-state index in [1.165, 1.54) is 6.07 Å². The van der Waals surface area contributed by atoms with E-state index < -0.39 is 49.4 Å². The van der Waals surface area contributed by atoms with Crippen LogP contribution in [0.3, 0.4) is 0 Å². The van der Waals surface area contributed by atoms with Crippen molar-refractivity contribution >= 4 is 16.9 Å². The van der Waals surface area contributed by atoms with E-state index >= 15 is 0 Å². The van der Waals surface area contributed by atoms with E-state index in [1.807, 2.05) is 0 Å². The second-order valence-electron chi connectivity index (χ2n) is 9.03. The molecule has 0 radical (unpaired) electrons. The third-order valence-electron chi connectivity index (χ3n) is 6.49. The number of urea groups is 1. The van der Waals surface area contributed by atoms with E-state index in [1.54, 1.807) is 24.1 Å². The van der Waals surface area contributed by atoms with Gasteiger partial charge in [-0.2, -0.15) is 39.5 Å². The van der Waals surface area contributed by atoms with Crippen LogP contribution in [0.15, 0.2) is 18.2 Å². The van der Waals surface area contributed by atoms with Gasteiger partial charge in [-0.05, 0) is 37.1 Å². The van der Waals surface area contributed by atoms with Crippen LogP contribution < -0.4 is 5.32 Å². The molecule has 194 valence electrons. The number of fused-ring (bicyclic) bond motifs is 2. The number of hydrogen-bond acceptors (Lipinski definition) is 2. The van der Waals surface area contributed by atoms with Crippen molar-refractivity contribution in [1.82, 2.24) is 20.1 Å². The van der Waals surface area contributed by atoms with E-state index in [0.717, 1.165) is 0 Å². The number of piperidine rings is 1. The van der Waals surface area contributed by atoms with Gasteiger partial charge in [0.1, 0.15) is 18.8 Å². The summed E-state index contributed by atoms with van der Waals surface area (Å²) in [6, 6.07) is 2.05. The van der Waals surface area contributed by atoms with Gasteiger partial charge in [0.2, 0.25) is 0 Å². The summed E-state index contributed by atoms with van der Waals surface area (Å²) in [5.41, 5.74) is 0.171. The molecule has 1 saturated heterocycles. The van der Waals surface area contributed by atoms with Gasteiger partial charge < -0.3 is 20.1 Å². The van der Waals surface area contributed by atoms with Crippen molar-refractivity contribution in [3.05, 3.63) is 35.0 Å². The van der Waals surface area contributed by atoms with Crippen LogP contribution in [0.4, 0.5) is 44.3 Å². The zero-order valence-corrected chi connectivity index (χ0v) is 18.2. The Balaban J connectivity index is 1.60. The number of likely N-dealkylation sites (tertiary alicyclic amines) is 1. The average molecular weight is 516 g/mol. The van der Waals surface area contributed by atoms with Crippen molar-refractivity contribution < 1.29 is 44.3 Å². The Morgan fingerprint density at radius 1 is 1.09 bits per heavy atom. The molecule has 0 bridgehead atoms. The molecule has 2 heterocycles. The first-order valence-electron chi connectivity index (χ1n) is 10.6. The van der Waals surface area contributed by atoms with E-state index in [2.05, 4.69) is 10.3 Å². The quantitative estimate of drug-likeness (QED) is 0.563. The average Bonchev–Trinajstić information content (AvgIpc) is 3.07. The Kier molecular flexibility index (Phi) is 6.17. The standard InChI is InChI=1S/C21H21F9N4O/c1-33-7-10(31-18(35)34(8-19(22,23)24)9-20(25,26)27)5-12-11-3-2-4-14-16(11)13(6-15(12)33)17(32-14)21(28,29)30/h2-4,10,12,15,32H,5-9H2,1H3,(H,31,35). The van der Waals surface area contributed by atoms with Crippen molar-refractivity contribution in [2.75, 3.05) is 26.7 Å². The molecule has 0 saturated carbocycles. The Bertz CT molecular complexity index is 1090. The highest BCUT2D eigenvalue weighted by molar-refractivity contribution is 5.90. The van der Waals surface area contributed by atoms with Crippen molar-refractivity contribution in [3.8, 4) is 0 Å². The molecular formula is C21H21F9N4O. The van der Waals surface area contributed by atoms with Gasteiger partial charge in [0.05, 0.1) is 0 Å². The molecule has 35 heavy (non-hydrogen) atoms. The first kappa shape index (κ1) is 25.5. The predicted molar refractivity (Wildman–Crippen MR) is 107 cm³/mol. The number of alkyl halides is 9. The minimum atomic E-state index is -5.03. The first-order valence-corrected chi connectivity index (χ1v) is 10.6. The summed E-state index contributed by atoms with van der Waals surface area (Å²) in [7, 11) is 1.60. The third-order valence-corrected chi connectivity index (χ3v) is 6.49. The van der Waals surface area contributed by atoms with Gasteiger partial charge in [-0.15, -0.1) is 0 Å². The molecule has 2 amide bonds. The minimum absolute atomic E-state index is 0.0515. The van der Waals surface area contributed by atoms with Gasteiger partial charge in [0.15, 0.2) is 0 Å². The number of aromatic amines is 1. The normalized spacial score (nSPS) is 23.3. The highest BCUT2D eigenvalue weighted by Gasteiger charge is 2.45. The fraction of sp³-hybridized carbons (Fsp3) is 0.571. The van der Waals surface area contributed by atoms with Crippen molar-refractivity contribution in [2.45, 2.75) is 49.4 Å². The fourth-order valence-electron chi connectivity index (χ4n) is 5.27. The molecule has 5 nitrogen and oxygen atoms in total. The minimum Gasteiger partial charge on any atom is -0.351 e. The van der Waals surface area contributed by atoms with Crippen LogP contribution in [-0.2, 0) is 12.6 Å². The predicted octanol–water partition coefficient (Wildman–Crippen LogP) is 5.04. The molecule has 4 rings (SSSR count). The summed E-state index contributed by atoms with van der Waals surface area (Å²) in [6.45, 7) is -4.09. The first-order chi connectivity index (χ1) is 16.0. The number of amides is 2. The number of H-pyrrole nitrogens is 1. The summed E-state index contributed by atoms with van der Waals surface area (Å²) in [6.07, 6.45) is -14.4. The number of halogens is 9. The van der Waals surface area contributed by atoms with Gasteiger partial charge in [0.25, 0.3) is 0 Å². The zero-order valence-electron chi connectivity index (χ0n) is 18.2. The number of nitrogens with zero attached hydrogens (tertiary/aromatic N) is 2. The highest BCUT2D eigenvalue weighted by Crippen LogP contribution is 2.47. The number of hydrogen-bond donors (Lipinski definition) is 2. The SMILES string of the molecule is CN1CC(NC(=O)N(CC(F)(F)F)CC(F)(F)F)CC2c3cccc4[nH]c(C(F)(F)F)c(c34)CC21. The molecule has 1 aromatic heterocycles. The molecule has 2 aromatic rings. The molecule has 0 spiro atoms. The third kappa shape index (κ3) is 5.31. The number of nitrogens with one attached hydrogen (secondary N) is 2. The number of benzene rings is 1. The Morgan fingerprint density at radius 3 is 2.29 bits per heavy atom. The summed E-state index contributed by atoms with van der Waals surface area (Å²) in [5, 5.41) is 2.68. The second kappa shape index (κ2) is 8.49. The molecule has 3 unspecified atom stereocenters. The van der Waals surface area contributed by atoms with Gasteiger partial charge in [-0.25, -0.2) is 4.79 Å². The molecule has 2 N–H and O–H groups in total. The Hall–Kier alpha value is -2.64. The second-order valence-corrected chi connectivity index (χ2v) is 9.03. The molecule has 14 heteroatoms. The summed E-state index contributed by atoms with van der Waals surface area (Å²) in [5.74, 6) is -0.384. The Labute approximate surface area is 193 Å². The van der Waals surface area contributed by atoms with Crippen molar-refractivity contribution in [1.29, 1.82) is 0 Å². The van der Waals surface area contributed by atoms with E-state index in [-0.39, 0.29) is 41.8 Å². The smallest absolute Gasteiger partial charge is 0.351 e. The monoisotopic (exact) mass is 516 g/mol. The van der Waals surface area contributed by atoms with Crippen LogP contribution >= 0.6 is 0 Å². The molecule has 1 aliphatic carbocycles. The maximum Gasteiger partial charge on any atom is 0.431 e. The molecule has 1 aromatic carbocycles. The fourth-order valence-corrected chi connectivity index (χ4v) is 5.27. The number of carbonyl (C=O) groups excluding carboxylic acids is 1. The highest BCUT2D eigenvalue weighted by atomic mass is 19.4. The van der Waals surface area contributed by atoms with E-state index in [4.69, 9.17) is 0 Å². The molecule has 3 atom stereocenters. The van der Waals surface area contributed by atoms with Gasteiger partial charge >= 0.3 is 24.6 Å². The topological polar surface area (TPSA) is 51.4 Å². The summed E-state index contributed by atoms with van der Waals surface area (Å²) >= 11 is 0. The zero-order chi connectivity index (χ0) is 25.9. The molecule has 1 fully saturated rings. The summed E-state index contributed by atoms with van der Waals surface area (Å²) < 4.78 is 117. The lowest BCUT2D eigenvalue weighted by atomic mass is 9.73. The van der Waals surface area contributed by atoms with Crippen LogP contribution in [0, 0.1) is 0 Å². The van der Waals surface area contributed by atoms with E-state index in [0.29, 0.717) is 16.5 Å². The maximum atomic E-state index is 13.6. The lowest BCUT2D eigenvalue weighted by Crippen LogP contribution is -2.58. The lowest BCUT2D eigenvalue weighted by Gasteiger charge is -2.46. The van der Waals surface area contributed by atoms with Crippen LogP contribution in [0.5, 0.6) is 0 Å². The van der Waals surface area contributed by atoms with Gasteiger partial charge in [-0.3, -0.25) is 0 Å². The van der Waals surface area contributed by atoms with Crippen LogP contribution in [-0.4, -0.2) is 71.9 Å².